The Morgan fingerprint density at radius 2 is 1.68 bits per heavy atom. The molecule has 0 radical (unpaired) electrons. The molecule has 0 N–H and O–H groups in total. The molecule has 0 aliphatic heterocycles. The zero-order valence-corrected chi connectivity index (χ0v) is 14.3. The second-order valence-corrected chi connectivity index (χ2v) is 10.9. The number of carbonyl (C=O) groups excluding carboxylic acids is 1. The van der Waals surface area contributed by atoms with Gasteiger partial charge in [0.05, 0.1) is 0 Å². The van der Waals surface area contributed by atoms with E-state index in [1.165, 1.54) is 39.0 Å². The molecule has 0 aromatic rings. The highest BCUT2D eigenvalue weighted by molar-refractivity contribution is 6.83. The van der Waals surface area contributed by atoms with Crippen molar-refractivity contribution in [1.82, 2.24) is 0 Å². The van der Waals surface area contributed by atoms with E-state index in [0.717, 1.165) is 12.8 Å². The molecule has 0 bridgehead atoms. The Morgan fingerprint density at radius 1 is 1.11 bits per heavy atom. The Kier molecular flexibility index (Phi) is 9.68. The van der Waals surface area contributed by atoms with Gasteiger partial charge in [-0.05, 0) is 12.8 Å². The lowest BCUT2D eigenvalue weighted by molar-refractivity contribution is -0.144. The SMILES string of the molecule is CCCCCCCC[C@H](C#C[Si](C)(C)C)OC(C)=O. The predicted octanol–water partition coefficient (Wildman–Crippen LogP) is 4.55. The molecule has 0 amide bonds. The molecule has 1 atom stereocenters. The summed E-state index contributed by atoms with van der Waals surface area (Å²) < 4.78 is 5.28. The van der Waals surface area contributed by atoms with Crippen LogP contribution in [0.15, 0.2) is 0 Å². The van der Waals surface area contributed by atoms with Crippen LogP contribution < -0.4 is 0 Å². The molecule has 0 aromatic heterocycles. The van der Waals surface area contributed by atoms with Crippen LogP contribution in [0.25, 0.3) is 0 Å². The molecule has 0 spiro atoms. The molecule has 0 aromatic carbocycles. The Balaban J connectivity index is 4.06. The van der Waals surface area contributed by atoms with Crippen LogP contribution >= 0.6 is 0 Å². The molecule has 0 fully saturated rings. The van der Waals surface area contributed by atoms with Crippen molar-refractivity contribution in [3.05, 3.63) is 0 Å². The Labute approximate surface area is 120 Å². The quantitative estimate of drug-likeness (QED) is 0.282. The van der Waals surface area contributed by atoms with E-state index in [1.54, 1.807) is 0 Å². The molecule has 0 unspecified atom stereocenters. The van der Waals surface area contributed by atoms with Crippen molar-refractivity contribution in [3.63, 3.8) is 0 Å². The lowest BCUT2D eigenvalue weighted by atomic mass is 10.1. The zero-order chi connectivity index (χ0) is 14.7. The van der Waals surface area contributed by atoms with E-state index >= 15 is 0 Å². The highest BCUT2D eigenvalue weighted by atomic mass is 28.3. The molecular weight excluding hydrogens is 252 g/mol. The third kappa shape index (κ3) is 13.5. The van der Waals surface area contributed by atoms with E-state index in [9.17, 15) is 4.79 Å². The average Bonchev–Trinajstić information content (AvgIpc) is 2.28. The van der Waals surface area contributed by atoms with Crippen LogP contribution in [0.5, 0.6) is 0 Å². The first-order chi connectivity index (χ1) is 8.85. The van der Waals surface area contributed by atoms with Crippen molar-refractivity contribution in [2.24, 2.45) is 0 Å². The predicted molar refractivity (Wildman–Crippen MR) is 84.7 cm³/mol. The number of ether oxygens (including phenoxy) is 1. The lowest BCUT2D eigenvalue weighted by Gasteiger charge is -2.12. The first-order valence-corrected chi connectivity index (χ1v) is 11.0. The highest BCUT2D eigenvalue weighted by Gasteiger charge is 2.12. The standard InChI is InChI=1S/C16H30O2Si/c1-6-7-8-9-10-11-12-16(18-15(2)17)13-14-19(3,4)5/h16H,6-12H2,1-5H3/t16-/m1/s1. The summed E-state index contributed by atoms with van der Waals surface area (Å²) in [7, 11) is -1.39. The fourth-order valence-corrected chi connectivity index (χ4v) is 2.36. The van der Waals surface area contributed by atoms with Crippen molar-refractivity contribution in [3.8, 4) is 11.5 Å². The van der Waals surface area contributed by atoms with Gasteiger partial charge in [0.25, 0.3) is 0 Å². The van der Waals surface area contributed by atoms with E-state index in [1.807, 2.05) is 0 Å². The van der Waals surface area contributed by atoms with E-state index in [0.29, 0.717) is 0 Å². The zero-order valence-electron chi connectivity index (χ0n) is 13.3. The van der Waals surface area contributed by atoms with Gasteiger partial charge in [-0.15, -0.1) is 5.54 Å². The van der Waals surface area contributed by atoms with Gasteiger partial charge in [-0.25, -0.2) is 0 Å². The van der Waals surface area contributed by atoms with Gasteiger partial charge in [0, 0.05) is 6.92 Å². The number of hydrogen-bond acceptors (Lipinski definition) is 2. The Morgan fingerprint density at radius 3 is 2.21 bits per heavy atom. The van der Waals surface area contributed by atoms with Gasteiger partial charge in [-0.3, -0.25) is 4.79 Å². The maximum atomic E-state index is 11.1. The molecule has 3 heteroatoms. The molecule has 0 saturated carbocycles. The van der Waals surface area contributed by atoms with Gasteiger partial charge in [0.2, 0.25) is 0 Å². The van der Waals surface area contributed by atoms with Gasteiger partial charge < -0.3 is 4.74 Å². The molecule has 0 rings (SSSR count). The number of rotatable bonds is 8. The van der Waals surface area contributed by atoms with Gasteiger partial charge >= 0.3 is 5.97 Å². The van der Waals surface area contributed by atoms with Crippen LogP contribution in [0.1, 0.15) is 58.8 Å². The highest BCUT2D eigenvalue weighted by Crippen LogP contribution is 2.11. The number of hydrogen-bond donors (Lipinski definition) is 0. The number of unbranched alkanes of at least 4 members (excludes halogenated alkanes) is 5. The van der Waals surface area contributed by atoms with Crippen LogP contribution in [-0.2, 0) is 9.53 Å². The van der Waals surface area contributed by atoms with Crippen LogP contribution in [-0.4, -0.2) is 20.1 Å². The smallest absolute Gasteiger partial charge is 0.303 e. The van der Waals surface area contributed by atoms with Crippen LogP contribution in [0, 0.1) is 11.5 Å². The van der Waals surface area contributed by atoms with Crippen molar-refractivity contribution in [1.29, 1.82) is 0 Å². The molecular formula is C16H30O2Si. The van der Waals surface area contributed by atoms with Crippen molar-refractivity contribution >= 4 is 14.0 Å². The summed E-state index contributed by atoms with van der Waals surface area (Å²) in [6, 6.07) is 0. The summed E-state index contributed by atoms with van der Waals surface area (Å²) in [6.45, 7) is 10.3. The first kappa shape index (κ1) is 18.2. The van der Waals surface area contributed by atoms with E-state index in [-0.39, 0.29) is 12.1 Å². The molecule has 19 heavy (non-hydrogen) atoms. The molecule has 0 heterocycles. The summed E-state index contributed by atoms with van der Waals surface area (Å²) in [5.74, 6) is 2.94. The molecule has 0 saturated heterocycles. The lowest BCUT2D eigenvalue weighted by Crippen LogP contribution is -2.20. The molecule has 0 aliphatic carbocycles. The summed E-state index contributed by atoms with van der Waals surface area (Å²) in [4.78, 5) is 11.1. The number of esters is 1. The number of carbonyl (C=O) groups is 1. The maximum absolute atomic E-state index is 11.1. The minimum absolute atomic E-state index is 0.199. The third-order valence-electron chi connectivity index (χ3n) is 2.74. The average molecular weight is 282 g/mol. The first-order valence-electron chi connectivity index (χ1n) is 7.55. The summed E-state index contributed by atoms with van der Waals surface area (Å²) in [6.07, 6.45) is 8.19. The van der Waals surface area contributed by atoms with Gasteiger partial charge in [0.15, 0.2) is 6.10 Å². The minimum Gasteiger partial charge on any atom is -0.449 e. The van der Waals surface area contributed by atoms with E-state index < -0.39 is 8.07 Å². The van der Waals surface area contributed by atoms with Crippen LogP contribution in [0.3, 0.4) is 0 Å². The van der Waals surface area contributed by atoms with Crippen LogP contribution in [0.2, 0.25) is 19.6 Å². The minimum atomic E-state index is -1.39. The van der Waals surface area contributed by atoms with Crippen molar-refractivity contribution in [2.45, 2.75) is 84.5 Å². The largest absolute Gasteiger partial charge is 0.449 e. The normalized spacial score (nSPS) is 12.5. The molecule has 2 nitrogen and oxygen atoms in total. The summed E-state index contributed by atoms with van der Waals surface area (Å²) in [5, 5.41) is 0. The topological polar surface area (TPSA) is 26.3 Å². The summed E-state index contributed by atoms with van der Waals surface area (Å²) in [5.41, 5.74) is 3.30. The van der Waals surface area contributed by atoms with Crippen LogP contribution in [0.4, 0.5) is 0 Å². The second-order valence-electron chi connectivity index (χ2n) is 6.17. The fraction of sp³-hybridized carbons (Fsp3) is 0.812. The van der Waals surface area contributed by atoms with Gasteiger partial charge in [0.1, 0.15) is 8.07 Å². The van der Waals surface area contributed by atoms with E-state index in [2.05, 4.69) is 38.0 Å². The summed E-state index contributed by atoms with van der Waals surface area (Å²) >= 11 is 0. The second kappa shape index (κ2) is 10.1. The third-order valence-corrected chi connectivity index (χ3v) is 3.63. The maximum Gasteiger partial charge on any atom is 0.303 e. The van der Waals surface area contributed by atoms with Gasteiger partial charge in [-0.1, -0.05) is 64.6 Å². The van der Waals surface area contributed by atoms with E-state index in [4.69, 9.17) is 4.74 Å². The fourth-order valence-electron chi connectivity index (χ4n) is 1.77. The Bertz CT molecular complexity index is 307. The van der Waals surface area contributed by atoms with Gasteiger partial charge in [-0.2, -0.15) is 0 Å². The molecule has 0 aliphatic rings. The monoisotopic (exact) mass is 282 g/mol. The van der Waals surface area contributed by atoms with Crippen molar-refractivity contribution < 1.29 is 9.53 Å². The van der Waals surface area contributed by atoms with Crippen molar-refractivity contribution in [2.75, 3.05) is 0 Å². The molecule has 110 valence electrons. The Hall–Kier alpha value is -0.753.